The van der Waals surface area contributed by atoms with Crippen LogP contribution in [0.3, 0.4) is 0 Å². The summed E-state index contributed by atoms with van der Waals surface area (Å²) in [4.78, 5) is 0.171. The van der Waals surface area contributed by atoms with E-state index in [4.69, 9.17) is 11.6 Å². The van der Waals surface area contributed by atoms with Gasteiger partial charge in [0.05, 0.1) is 0 Å². The highest BCUT2D eigenvalue weighted by Crippen LogP contribution is 2.38. The fourth-order valence-corrected chi connectivity index (χ4v) is 2.79. The molecule has 1 atom stereocenters. The van der Waals surface area contributed by atoms with Gasteiger partial charge in [0.25, 0.3) is 10.1 Å². The van der Waals surface area contributed by atoms with Crippen molar-refractivity contribution in [2.24, 2.45) is 0 Å². The first-order chi connectivity index (χ1) is 5.61. The summed E-state index contributed by atoms with van der Waals surface area (Å²) in [5.74, 6) is 0. The Balaban J connectivity index is 2.74. The van der Waals surface area contributed by atoms with Crippen LogP contribution in [-0.2, 0) is 14.3 Å². The average Bonchev–Trinajstić information content (AvgIpc) is 2.25. The summed E-state index contributed by atoms with van der Waals surface area (Å²) < 4.78 is 26.9. The molecule has 3 nitrogen and oxygen atoms in total. The van der Waals surface area contributed by atoms with Crippen molar-refractivity contribution in [1.29, 1.82) is 0 Å². The van der Waals surface area contributed by atoms with Crippen LogP contribution in [0, 0.1) is 0 Å². The largest absolute Gasteiger partial charge is 0.299 e. The van der Waals surface area contributed by atoms with Gasteiger partial charge in [0.15, 0.2) is 5.56 Å². The quantitative estimate of drug-likeness (QED) is 0.477. The molecule has 0 amide bonds. The Labute approximate surface area is 75.0 Å². The van der Waals surface area contributed by atoms with Crippen molar-refractivity contribution in [2.45, 2.75) is 10.5 Å². The molecule has 0 spiro atoms. The van der Waals surface area contributed by atoms with E-state index in [0.717, 1.165) is 0 Å². The molecular formula is C7H5ClO3S. The van der Waals surface area contributed by atoms with Crippen molar-refractivity contribution >= 4 is 21.7 Å². The van der Waals surface area contributed by atoms with E-state index in [1.165, 1.54) is 6.07 Å². The molecule has 1 aromatic rings. The summed E-state index contributed by atoms with van der Waals surface area (Å²) in [6.45, 7) is 0. The standard InChI is InChI=1S/C7H5ClO3S/c8-7-5-3-1-2-4-6(5)12(9,10)11-7/h1-4,7H/t7-/m0/s1. The summed E-state index contributed by atoms with van der Waals surface area (Å²) in [6, 6.07) is 6.47. The Bertz CT molecular complexity index is 412. The smallest absolute Gasteiger partial charge is 0.242 e. The van der Waals surface area contributed by atoms with Gasteiger partial charge in [-0.05, 0) is 6.07 Å². The van der Waals surface area contributed by atoms with Gasteiger partial charge in [-0.15, -0.1) is 0 Å². The highest BCUT2D eigenvalue weighted by Gasteiger charge is 2.33. The van der Waals surface area contributed by atoms with Crippen LogP contribution in [0.15, 0.2) is 29.2 Å². The Morgan fingerprint density at radius 3 is 2.67 bits per heavy atom. The van der Waals surface area contributed by atoms with Crippen molar-refractivity contribution in [2.75, 3.05) is 0 Å². The minimum absolute atomic E-state index is 0.171. The average molecular weight is 205 g/mol. The van der Waals surface area contributed by atoms with Crippen LogP contribution in [-0.4, -0.2) is 8.42 Å². The highest BCUT2D eigenvalue weighted by molar-refractivity contribution is 7.87. The minimum Gasteiger partial charge on any atom is -0.242 e. The fourth-order valence-electron chi connectivity index (χ4n) is 1.11. The maximum absolute atomic E-state index is 11.2. The topological polar surface area (TPSA) is 43.4 Å². The van der Waals surface area contributed by atoms with Gasteiger partial charge in [-0.25, -0.2) is 4.18 Å². The third-order valence-electron chi connectivity index (χ3n) is 1.64. The number of fused-ring (bicyclic) bond motifs is 1. The molecule has 0 saturated carbocycles. The summed E-state index contributed by atoms with van der Waals surface area (Å²) in [5, 5.41) is 0. The molecule has 0 N–H and O–H groups in total. The van der Waals surface area contributed by atoms with E-state index < -0.39 is 15.7 Å². The summed E-state index contributed by atoms with van der Waals surface area (Å²) in [7, 11) is -3.59. The maximum atomic E-state index is 11.2. The monoisotopic (exact) mass is 204 g/mol. The van der Waals surface area contributed by atoms with Gasteiger partial charge in [0.2, 0.25) is 0 Å². The zero-order chi connectivity index (χ0) is 8.77. The zero-order valence-corrected chi connectivity index (χ0v) is 7.47. The lowest BCUT2D eigenvalue weighted by Gasteiger charge is -1.94. The van der Waals surface area contributed by atoms with Crippen molar-refractivity contribution in [1.82, 2.24) is 0 Å². The third kappa shape index (κ3) is 1.03. The van der Waals surface area contributed by atoms with Crippen LogP contribution >= 0.6 is 11.6 Å². The minimum atomic E-state index is -3.59. The van der Waals surface area contributed by atoms with Crippen molar-refractivity contribution in [3.8, 4) is 0 Å². The van der Waals surface area contributed by atoms with E-state index in [0.29, 0.717) is 5.56 Å². The van der Waals surface area contributed by atoms with E-state index >= 15 is 0 Å². The predicted octanol–water partition coefficient (Wildman–Crippen LogP) is 1.64. The molecule has 0 aromatic heterocycles. The Morgan fingerprint density at radius 2 is 2.00 bits per heavy atom. The lowest BCUT2D eigenvalue weighted by atomic mass is 10.2. The second-order valence-electron chi connectivity index (χ2n) is 2.40. The SMILES string of the molecule is O=S1(=O)O[C@H](Cl)c2ccccc21. The fraction of sp³-hybridized carbons (Fsp3) is 0.143. The normalized spacial score (nSPS) is 25.2. The number of rotatable bonds is 0. The van der Waals surface area contributed by atoms with Gasteiger partial charge in [0.1, 0.15) is 4.90 Å². The number of benzene rings is 1. The zero-order valence-electron chi connectivity index (χ0n) is 5.90. The van der Waals surface area contributed by atoms with Crippen LogP contribution < -0.4 is 0 Å². The van der Waals surface area contributed by atoms with Crippen LogP contribution in [0.5, 0.6) is 0 Å². The van der Waals surface area contributed by atoms with E-state index in [-0.39, 0.29) is 4.90 Å². The molecule has 1 heterocycles. The molecule has 0 unspecified atom stereocenters. The molecule has 5 heteroatoms. The van der Waals surface area contributed by atoms with Gasteiger partial charge >= 0.3 is 0 Å². The molecule has 0 fully saturated rings. The van der Waals surface area contributed by atoms with E-state index in [2.05, 4.69) is 4.18 Å². The van der Waals surface area contributed by atoms with Gasteiger partial charge in [-0.3, -0.25) is 0 Å². The number of alkyl halides is 1. The molecule has 1 aromatic carbocycles. The number of halogens is 1. The Kier molecular flexibility index (Phi) is 1.64. The molecule has 0 saturated heterocycles. The molecule has 1 aliphatic heterocycles. The first-order valence-corrected chi connectivity index (χ1v) is 5.12. The van der Waals surface area contributed by atoms with Gasteiger partial charge in [-0.2, -0.15) is 8.42 Å². The van der Waals surface area contributed by atoms with E-state index in [1.807, 2.05) is 0 Å². The predicted molar refractivity (Wildman–Crippen MR) is 43.3 cm³/mol. The summed E-state index contributed by atoms with van der Waals surface area (Å²) in [6.07, 6.45) is 0. The van der Waals surface area contributed by atoms with Crippen LogP contribution in [0.2, 0.25) is 0 Å². The Morgan fingerprint density at radius 1 is 1.33 bits per heavy atom. The first kappa shape index (κ1) is 8.04. The molecule has 12 heavy (non-hydrogen) atoms. The third-order valence-corrected chi connectivity index (χ3v) is 3.43. The van der Waals surface area contributed by atoms with Crippen molar-refractivity contribution < 1.29 is 12.6 Å². The molecule has 0 aliphatic carbocycles. The first-order valence-electron chi connectivity index (χ1n) is 3.27. The summed E-state index contributed by atoms with van der Waals surface area (Å²) in [5.41, 5.74) is -0.356. The molecule has 2 rings (SSSR count). The van der Waals surface area contributed by atoms with Crippen LogP contribution in [0.4, 0.5) is 0 Å². The summed E-state index contributed by atoms with van der Waals surface area (Å²) >= 11 is 5.63. The Hall–Kier alpha value is -0.580. The molecule has 64 valence electrons. The lowest BCUT2D eigenvalue weighted by Crippen LogP contribution is -1.96. The van der Waals surface area contributed by atoms with Gasteiger partial charge in [-0.1, -0.05) is 29.8 Å². The highest BCUT2D eigenvalue weighted by atomic mass is 35.5. The van der Waals surface area contributed by atoms with Crippen molar-refractivity contribution in [3.05, 3.63) is 29.8 Å². The second kappa shape index (κ2) is 2.45. The number of hydrogen-bond donors (Lipinski definition) is 0. The van der Waals surface area contributed by atoms with Crippen LogP contribution in [0.25, 0.3) is 0 Å². The molecule has 0 radical (unpaired) electrons. The van der Waals surface area contributed by atoms with Gasteiger partial charge in [0, 0.05) is 5.56 Å². The number of hydrogen-bond acceptors (Lipinski definition) is 3. The molecular weight excluding hydrogens is 200 g/mol. The maximum Gasteiger partial charge on any atom is 0.299 e. The molecule has 0 bridgehead atoms. The van der Waals surface area contributed by atoms with Crippen molar-refractivity contribution in [3.63, 3.8) is 0 Å². The van der Waals surface area contributed by atoms with Crippen LogP contribution in [0.1, 0.15) is 11.1 Å². The lowest BCUT2D eigenvalue weighted by molar-refractivity contribution is 0.311. The second-order valence-corrected chi connectivity index (χ2v) is 4.34. The molecule has 1 aliphatic rings. The van der Waals surface area contributed by atoms with E-state index in [9.17, 15) is 8.42 Å². The van der Waals surface area contributed by atoms with Gasteiger partial charge < -0.3 is 0 Å². The van der Waals surface area contributed by atoms with E-state index in [1.54, 1.807) is 18.2 Å².